The quantitative estimate of drug-likeness (QED) is 0.734. The summed E-state index contributed by atoms with van der Waals surface area (Å²) in [4.78, 5) is 15.0. The van der Waals surface area contributed by atoms with Gasteiger partial charge in [0.25, 0.3) is 0 Å². The number of benzene rings is 2. The summed E-state index contributed by atoms with van der Waals surface area (Å²) >= 11 is 0. The molecular formula is C22H26N4O. The van der Waals surface area contributed by atoms with E-state index in [9.17, 15) is 4.79 Å². The minimum Gasteiger partial charge on any atom is -0.350 e. The number of piperidine rings is 1. The Morgan fingerprint density at radius 2 is 1.93 bits per heavy atom. The molecule has 140 valence electrons. The van der Waals surface area contributed by atoms with Gasteiger partial charge in [0.05, 0.1) is 11.7 Å². The van der Waals surface area contributed by atoms with Gasteiger partial charge in [0.2, 0.25) is 5.91 Å². The highest BCUT2D eigenvalue weighted by atomic mass is 16.2. The highest BCUT2D eigenvalue weighted by molar-refractivity contribution is 5.82. The zero-order valence-electron chi connectivity index (χ0n) is 15.6. The van der Waals surface area contributed by atoms with Gasteiger partial charge in [-0.25, -0.2) is 0 Å². The minimum absolute atomic E-state index is 0.0405. The largest absolute Gasteiger partial charge is 0.350 e. The number of aromatic nitrogens is 2. The minimum atomic E-state index is 0.0405. The molecule has 1 aromatic heterocycles. The molecule has 0 bridgehead atoms. The Balaban J connectivity index is 1.29. The molecule has 0 aliphatic carbocycles. The topological polar surface area (TPSA) is 50.2 Å². The number of para-hydroxylation sites is 1. The molecule has 1 aliphatic rings. The van der Waals surface area contributed by atoms with Crippen LogP contribution in [0.5, 0.6) is 0 Å². The summed E-state index contributed by atoms with van der Waals surface area (Å²) in [5.41, 5.74) is 2.37. The molecule has 0 spiro atoms. The third kappa shape index (κ3) is 4.55. The number of likely N-dealkylation sites (tertiary alicyclic amines) is 1. The molecule has 1 unspecified atom stereocenters. The summed E-state index contributed by atoms with van der Waals surface area (Å²) in [6, 6.07) is 18.8. The van der Waals surface area contributed by atoms with Gasteiger partial charge >= 0.3 is 0 Å². The first-order chi connectivity index (χ1) is 13.3. The molecule has 5 nitrogen and oxygen atoms in total. The van der Waals surface area contributed by atoms with E-state index in [0.29, 0.717) is 0 Å². The standard InChI is InChI=1S/C22H26N4O/c27-22(17-26-21-11-5-4-9-19(21)15-23-26)24-20-10-6-13-25(16-20)14-12-18-7-2-1-3-8-18/h1-5,7-9,11,15,20H,6,10,12-14,16-17H2,(H,24,27). The van der Waals surface area contributed by atoms with E-state index in [1.54, 1.807) is 4.68 Å². The van der Waals surface area contributed by atoms with Crippen LogP contribution in [-0.4, -0.2) is 46.3 Å². The Kier molecular flexibility index (Phi) is 5.49. The van der Waals surface area contributed by atoms with Crippen molar-refractivity contribution in [1.29, 1.82) is 0 Å². The van der Waals surface area contributed by atoms with Gasteiger partial charge < -0.3 is 10.2 Å². The third-order valence-corrected chi connectivity index (χ3v) is 5.27. The lowest BCUT2D eigenvalue weighted by atomic mass is 10.0. The van der Waals surface area contributed by atoms with Crippen LogP contribution in [0.25, 0.3) is 10.9 Å². The number of fused-ring (bicyclic) bond motifs is 1. The molecule has 0 saturated carbocycles. The van der Waals surface area contributed by atoms with Crippen molar-refractivity contribution in [2.24, 2.45) is 0 Å². The van der Waals surface area contributed by atoms with Crippen molar-refractivity contribution >= 4 is 16.8 Å². The summed E-state index contributed by atoms with van der Waals surface area (Å²) < 4.78 is 1.78. The number of nitrogens with one attached hydrogen (secondary N) is 1. The fourth-order valence-electron chi connectivity index (χ4n) is 3.87. The predicted octanol–water partition coefficient (Wildman–Crippen LogP) is 2.86. The summed E-state index contributed by atoms with van der Waals surface area (Å²) in [5, 5.41) is 8.63. The molecule has 2 heterocycles. The molecule has 1 saturated heterocycles. The van der Waals surface area contributed by atoms with E-state index in [1.165, 1.54) is 5.56 Å². The highest BCUT2D eigenvalue weighted by Crippen LogP contribution is 2.14. The van der Waals surface area contributed by atoms with Gasteiger partial charge in [0.15, 0.2) is 0 Å². The van der Waals surface area contributed by atoms with Crippen molar-refractivity contribution in [3.63, 3.8) is 0 Å². The zero-order valence-corrected chi connectivity index (χ0v) is 15.6. The Morgan fingerprint density at radius 1 is 1.11 bits per heavy atom. The van der Waals surface area contributed by atoms with Crippen LogP contribution >= 0.6 is 0 Å². The van der Waals surface area contributed by atoms with E-state index >= 15 is 0 Å². The van der Waals surface area contributed by atoms with Crippen molar-refractivity contribution in [3.05, 3.63) is 66.4 Å². The number of hydrogen-bond donors (Lipinski definition) is 1. The Labute approximate surface area is 160 Å². The maximum absolute atomic E-state index is 12.5. The van der Waals surface area contributed by atoms with Crippen LogP contribution in [0.15, 0.2) is 60.8 Å². The van der Waals surface area contributed by atoms with Crippen LogP contribution < -0.4 is 5.32 Å². The molecule has 4 rings (SSSR count). The lowest BCUT2D eigenvalue weighted by Gasteiger charge is -2.33. The predicted molar refractivity (Wildman–Crippen MR) is 107 cm³/mol. The zero-order chi connectivity index (χ0) is 18.5. The van der Waals surface area contributed by atoms with E-state index in [1.807, 2.05) is 30.5 Å². The van der Waals surface area contributed by atoms with Crippen molar-refractivity contribution < 1.29 is 4.79 Å². The average Bonchev–Trinajstić information content (AvgIpc) is 3.10. The molecule has 1 amide bonds. The first kappa shape index (κ1) is 17.7. The fraction of sp³-hybridized carbons (Fsp3) is 0.364. The lowest BCUT2D eigenvalue weighted by molar-refractivity contribution is -0.122. The van der Waals surface area contributed by atoms with Gasteiger partial charge in [-0.3, -0.25) is 9.48 Å². The number of hydrogen-bond acceptors (Lipinski definition) is 3. The van der Waals surface area contributed by atoms with Crippen LogP contribution in [0, 0.1) is 0 Å². The molecule has 1 N–H and O–H groups in total. The van der Waals surface area contributed by atoms with Crippen molar-refractivity contribution in [3.8, 4) is 0 Å². The lowest BCUT2D eigenvalue weighted by Crippen LogP contribution is -2.48. The van der Waals surface area contributed by atoms with Crippen molar-refractivity contribution in [1.82, 2.24) is 20.0 Å². The van der Waals surface area contributed by atoms with E-state index < -0.39 is 0 Å². The van der Waals surface area contributed by atoms with E-state index in [-0.39, 0.29) is 18.5 Å². The SMILES string of the molecule is O=C(Cn1ncc2ccccc21)NC1CCCN(CCc2ccccc2)C1. The van der Waals surface area contributed by atoms with Crippen LogP contribution in [-0.2, 0) is 17.8 Å². The molecule has 1 fully saturated rings. The summed E-state index contributed by atoms with van der Waals surface area (Å²) in [6.45, 7) is 3.36. The Bertz CT molecular complexity index is 889. The van der Waals surface area contributed by atoms with Gasteiger partial charge in [-0.1, -0.05) is 48.5 Å². The van der Waals surface area contributed by atoms with Crippen molar-refractivity contribution in [2.45, 2.75) is 31.8 Å². The fourth-order valence-corrected chi connectivity index (χ4v) is 3.87. The normalized spacial score (nSPS) is 17.9. The highest BCUT2D eigenvalue weighted by Gasteiger charge is 2.21. The molecule has 3 aromatic rings. The number of nitrogens with zero attached hydrogens (tertiary/aromatic N) is 3. The number of carbonyl (C=O) groups excluding carboxylic acids is 1. The Hall–Kier alpha value is -2.66. The van der Waals surface area contributed by atoms with Gasteiger partial charge in [-0.05, 0) is 37.4 Å². The molecule has 27 heavy (non-hydrogen) atoms. The van der Waals surface area contributed by atoms with Gasteiger partial charge in [0, 0.05) is 24.5 Å². The van der Waals surface area contributed by atoms with Crippen LogP contribution in [0.1, 0.15) is 18.4 Å². The smallest absolute Gasteiger partial charge is 0.242 e. The molecular weight excluding hydrogens is 336 g/mol. The van der Waals surface area contributed by atoms with Gasteiger partial charge in [0.1, 0.15) is 6.54 Å². The third-order valence-electron chi connectivity index (χ3n) is 5.27. The molecule has 1 atom stereocenters. The molecule has 0 radical (unpaired) electrons. The maximum Gasteiger partial charge on any atom is 0.242 e. The van der Waals surface area contributed by atoms with E-state index in [4.69, 9.17) is 0 Å². The molecule has 5 heteroatoms. The molecule has 1 aliphatic heterocycles. The second-order valence-electron chi connectivity index (χ2n) is 7.30. The van der Waals surface area contributed by atoms with E-state index in [2.05, 4.69) is 45.6 Å². The maximum atomic E-state index is 12.5. The number of carbonyl (C=O) groups is 1. The first-order valence-corrected chi connectivity index (χ1v) is 9.74. The van der Waals surface area contributed by atoms with Gasteiger partial charge in [-0.2, -0.15) is 5.10 Å². The van der Waals surface area contributed by atoms with E-state index in [0.717, 1.165) is 49.8 Å². The van der Waals surface area contributed by atoms with Crippen LogP contribution in [0.2, 0.25) is 0 Å². The molecule has 2 aromatic carbocycles. The van der Waals surface area contributed by atoms with Crippen molar-refractivity contribution in [2.75, 3.05) is 19.6 Å². The summed E-state index contributed by atoms with van der Waals surface area (Å²) in [6.07, 6.45) is 5.05. The monoisotopic (exact) mass is 362 g/mol. The average molecular weight is 362 g/mol. The van der Waals surface area contributed by atoms with Crippen LogP contribution in [0.3, 0.4) is 0 Å². The first-order valence-electron chi connectivity index (χ1n) is 9.74. The summed E-state index contributed by atoms with van der Waals surface area (Å²) in [7, 11) is 0. The van der Waals surface area contributed by atoms with Crippen LogP contribution in [0.4, 0.5) is 0 Å². The van der Waals surface area contributed by atoms with Gasteiger partial charge in [-0.15, -0.1) is 0 Å². The number of rotatable bonds is 6. The second kappa shape index (κ2) is 8.35. The second-order valence-corrected chi connectivity index (χ2v) is 7.30. The summed E-state index contributed by atoms with van der Waals surface area (Å²) in [5.74, 6) is 0.0405. The number of amides is 1. The Morgan fingerprint density at radius 3 is 2.81 bits per heavy atom.